The maximum Gasteiger partial charge on any atom is 0.120 e. The van der Waals surface area contributed by atoms with Crippen LogP contribution in [-0.4, -0.2) is 18.8 Å². The smallest absolute Gasteiger partial charge is 0.120 e. The number of pyridine rings is 1. The van der Waals surface area contributed by atoms with Crippen LogP contribution < -0.4 is 5.19 Å². The molecule has 1 radical (unpaired) electrons. The molecule has 0 saturated carbocycles. The Morgan fingerprint density at radius 1 is 0.714 bits per heavy atom. The molecule has 2 aromatic heterocycles. The van der Waals surface area contributed by atoms with Crippen LogP contribution in [0.1, 0.15) is 61.4 Å². The topological polar surface area (TPSA) is 38.4 Å². The summed E-state index contributed by atoms with van der Waals surface area (Å²) < 4.78 is 46.5. The van der Waals surface area contributed by atoms with Crippen LogP contribution in [0.25, 0.3) is 55.4 Å². The Hall–Kier alpha value is -5.97. The molecule has 0 aliphatic carbocycles. The second-order valence-corrected chi connectivity index (χ2v) is 23.0. The zero-order chi connectivity index (χ0) is 47.3. The molecule has 1 aliphatic heterocycles. The van der Waals surface area contributed by atoms with Gasteiger partial charge in [0.05, 0.1) is 19.3 Å². The van der Waals surface area contributed by atoms with Gasteiger partial charge >= 0.3 is 0 Å². The molecule has 315 valence electrons. The van der Waals surface area contributed by atoms with Crippen molar-refractivity contribution >= 4 is 46.6 Å². The largest absolute Gasteiger partial charge is 0.501 e. The number of fused-ring (bicyclic) bond motifs is 4. The molecule has 1 aliphatic rings. The molecule has 0 bridgehead atoms. The summed E-state index contributed by atoms with van der Waals surface area (Å²) in [6.07, 6.45) is 0.269. The van der Waals surface area contributed by atoms with Crippen molar-refractivity contribution in [3.8, 4) is 33.5 Å². The molecule has 0 amide bonds. The van der Waals surface area contributed by atoms with Crippen LogP contribution in [0.5, 0.6) is 0 Å². The molecule has 1 unspecified atom stereocenters. The van der Waals surface area contributed by atoms with Crippen LogP contribution in [0.4, 0.5) is 5.69 Å². The predicted molar refractivity (Wildman–Crippen MR) is 264 cm³/mol. The number of benzene rings is 7. The third-order valence-corrected chi connectivity index (χ3v) is 13.2. The number of nitrogens with zero attached hydrogens (tertiary/aromatic N) is 2. The van der Waals surface area contributed by atoms with Gasteiger partial charge in [0, 0.05) is 44.5 Å². The minimum atomic E-state index is -2.17. The van der Waals surface area contributed by atoms with Gasteiger partial charge in [-0.15, -0.1) is 53.6 Å². The van der Waals surface area contributed by atoms with Gasteiger partial charge in [-0.1, -0.05) is 185 Å². The van der Waals surface area contributed by atoms with E-state index in [9.17, 15) is 0 Å². The maximum absolute atomic E-state index is 8.79. The van der Waals surface area contributed by atoms with Gasteiger partial charge in [-0.3, -0.25) is 4.99 Å². The first kappa shape index (κ1) is 37.6. The van der Waals surface area contributed by atoms with Gasteiger partial charge < -0.3 is 9.40 Å². The van der Waals surface area contributed by atoms with Gasteiger partial charge in [0.25, 0.3) is 0 Å². The molecule has 3 heterocycles. The van der Waals surface area contributed by atoms with E-state index in [1.807, 2.05) is 45.0 Å². The van der Waals surface area contributed by atoms with Crippen LogP contribution in [0.2, 0.25) is 19.6 Å². The normalized spacial score (nSPS) is 15.1. The van der Waals surface area contributed by atoms with Crippen LogP contribution in [0.15, 0.2) is 179 Å². The van der Waals surface area contributed by atoms with Crippen molar-refractivity contribution in [3.05, 3.63) is 210 Å². The molecular formula is C58H52IrN2OSi-2. The Bertz CT molecular complexity index is 3280. The van der Waals surface area contributed by atoms with E-state index in [0.29, 0.717) is 16.8 Å². The molecule has 5 heteroatoms. The van der Waals surface area contributed by atoms with Gasteiger partial charge in [0.1, 0.15) is 5.58 Å². The molecule has 63 heavy (non-hydrogen) atoms. The SMILES string of the molecule is [2H]C([2H])([2H])c1c[c-]c(-c2cc(C([2H])([2H])C(C)(C)C)c([Si](C)(C)C)cn2)cc1.[Ir].[c-]1ccc2c(oc3ccccc32)c1C1=Nc2ccccc2C1c1cc(-c2ccccc2)ccc1-c1ccccc1. The summed E-state index contributed by atoms with van der Waals surface area (Å²) in [4.78, 5) is 9.82. The van der Waals surface area contributed by atoms with Crippen molar-refractivity contribution in [2.45, 2.75) is 59.6 Å². The van der Waals surface area contributed by atoms with Crippen molar-refractivity contribution in [2.24, 2.45) is 10.4 Å². The van der Waals surface area contributed by atoms with Crippen LogP contribution in [0.3, 0.4) is 0 Å². The van der Waals surface area contributed by atoms with Crippen molar-refractivity contribution < 1.29 is 31.4 Å². The fourth-order valence-corrected chi connectivity index (χ4v) is 9.75. The van der Waals surface area contributed by atoms with E-state index in [0.717, 1.165) is 44.1 Å². The van der Waals surface area contributed by atoms with E-state index in [2.05, 4.69) is 158 Å². The van der Waals surface area contributed by atoms with Gasteiger partial charge in [-0.05, 0) is 73.9 Å². The monoisotopic (exact) mass is 1020 g/mol. The second kappa shape index (κ2) is 18.0. The Morgan fingerprint density at radius 3 is 2.14 bits per heavy atom. The Labute approximate surface area is 394 Å². The predicted octanol–water partition coefficient (Wildman–Crippen LogP) is 15.0. The quantitative estimate of drug-likeness (QED) is 0.118. The van der Waals surface area contributed by atoms with E-state index in [4.69, 9.17) is 16.3 Å². The third-order valence-electron chi connectivity index (χ3n) is 11.2. The number of para-hydroxylation sites is 2. The summed E-state index contributed by atoms with van der Waals surface area (Å²) in [5.74, 6) is -0.0786. The zero-order valence-corrected chi connectivity index (χ0v) is 39.8. The number of hydrogen-bond donors (Lipinski definition) is 0. The summed E-state index contributed by atoms with van der Waals surface area (Å²) in [6.45, 7) is 10.1. The number of aryl methyl sites for hydroxylation is 1. The Kier molecular flexibility index (Phi) is 10.7. The van der Waals surface area contributed by atoms with E-state index in [-0.39, 0.29) is 31.6 Å². The molecule has 10 rings (SSSR count). The zero-order valence-electron chi connectivity index (χ0n) is 41.4. The first-order chi connectivity index (χ1) is 31.9. The fourth-order valence-electron chi connectivity index (χ4n) is 8.36. The van der Waals surface area contributed by atoms with Gasteiger partial charge in [0.15, 0.2) is 0 Å². The van der Waals surface area contributed by atoms with Crippen LogP contribution in [0, 0.1) is 24.4 Å². The molecular weight excluding hydrogens is 961 g/mol. The molecule has 0 N–H and O–H groups in total. The molecule has 9 aromatic rings. The van der Waals surface area contributed by atoms with E-state index < -0.39 is 26.7 Å². The average molecular weight is 1020 g/mol. The van der Waals surface area contributed by atoms with E-state index in [1.165, 1.54) is 39.4 Å². The number of rotatable bonds is 7. The average Bonchev–Trinajstić information content (AvgIpc) is 3.90. The van der Waals surface area contributed by atoms with E-state index in [1.54, 1.807) is 18.3 Å². The third kappa shape index (κ3) is 9.24. The van der Waals surface area contributed by atoms with Crippen molar-refractivity contribution in [1.82, 2.24) is 4.98 Å². The first-order valence-electron chi connectivity index (χ1n) is 23.7. The molecule has 7 aromatic carbocycles. The van der Waals surface area contributed by atoms with Gasteiger partial charge in [-0.2, -0.15) is 0 Å². The summed E-state index contributed by atoms with van der Waals surface area (Å²) in [5, 5.41) is 3.20. The second-order valence-electron chi connectivity index (χ2n) is 17.9. The van der Waals surface area contributed by atoms with Gasteiger partial charge in [0.2, 0.25) is 0 Å². The standard InChI is InChI=1S/C38H24NO.C20H28NSi.Ir/c1-3-12-25(13-4-1)27-22-23-28(26-14-5-2-6-15-26)33(24-27)36-31-17-7-9-20-34(31)39-37(36)32-19-11-18-30-29-16-8-10-21-35(29)40-38(30)32;1-15-8-10-16(11-9-15)18-12-17(13-20(2,3)4)19(14-21-18)22(5,6)7;/h1-18,20-24,36H;8-10,12,14H,13H2,1-7H3;/q2*-1;/i;1D3,13D2;. The minimum absolute atomic E-state index is 0. The van der Waals surface area contributed by atoms with Crippen molar-refractivity contribution in [2.75, 3.05) is 0 Å². The summed E-state index contributed by atoms with van der Waals surface area (Å²) in [6, 6.07) is 61.9. The Balaban J connectivity index is 0.000000197. The number of hydrogen-bond acceptors (Lipinski definition) is 3. The molecule has 1 atom stereocenters. The summed E-state index contributed by atoms with van der Waals surface area (Å²) in [7, 11) is -1.81. The molecule has 0 spiro atoms. The van der Waals surface area contributed by atoms with E-state index >= 15 is 0 Å². The van der Waals surface area contributed by atoms with Crippen molar-refractivity contribution in [3.63, 3.8) is 0 Å². The molecule has 3 nitrogen and oxygen atoms in total. The van der Waals surface area contributed by atoms with Crippen molar-refractivity contribution in [1.29, 1.82) is 0 Å². The summed E-state index contributed by atoms with van der Waals surface area (Å²) in [5.41, 5.74) is 13.4. The van der Waals surface area contributed by atoms with Crippen LogP contribution in [-0.2, 0) is 26.5 Å². The fraction of sp³-hybridized carbons (Fsp3) is 0.172. The molecule has 0 saturated heterocycles. The van der Waals surface area contributed by atoms with Crippen LogP contribution >= 0.6 is 0 Å². The first-order valence-corrected chi connectivity index (χ1v) is 24.7. The Morgan fingerprint density at radius 2 is 1.43 bits per heavy atom. The minimum Gasteiger partial charge on any atom is -0.501 e. The summed E-state index contributed by atoms with van der Waals surface area (Å²) >= 11 is 0. The maximum atomic E-state index is 8.79. The van der Waals surface area contributed by atoms with Gasteiger partial charge in [-0.25, -0.2) is 0 Å². The number of aliphatic imine (C=N–C) groups is 1. The number of aromatic nitrogens is 1. The molecule has 0 fully saturated rings. The number of furan rings is 1.